The molecule has 0 radical (unpaired) electrons. The predicted octanol–water partition coefficient (Wildman–Crippen LogP) is 3.20. The maximum atomic E-state index is 6.23. The average molecular weight is 246 g/mol. The van der Waals surface area contributed by atoms with Crippen LogP contribution in [0, 0.1) is 5.92 Å². The van der Waals surface area contributed by atoms with Crippen molar-refractivity contribution in [1.29, 1.82) is 0 Å². The van der Waals surface area contributed by atoms with Crippen LogP contribution in [-0.4, -0.2) is 18.6 Å². The smallest absolute Gasteiger partial charge is 0.0440 e. The van der Waals surface area contributed by atoms with Crippen LogP contribution < -0.4 is 10.6 Å². The van der Waals surface area contributed by atoms with E-state index in [2.05, 4.69) is 49.9 Å². The highest BCUT2D eigenvalue weighted by atomic mass is 15.2. The maximum absolute atomic E-state index is 6.23. The summed E-state index contributed by atoms with van der Waals surface area (Å²) in [6.07, 6.45) is 3.63. The van der Waals surface area contributed by atoms with Crippen molar-refractivity contribution in [1.82, 2.24) is 0 Å². The number of rotatable bonds is 4. The third kappa shape index (κ3) is 2.86. The zero-order chi connectivity index (χ0) is 13.1. The topological polar surface area (TPSA) is 29.3 Å². The molecule has 2 rings (SSSR count). The van der Waals surface area contributed by atoms with Crippen molar-refractivity contribution in [2.24, 2.45) is 11.7 Å². The molecule has 2 nitrogen and oxygen atoms in total. The molecule has 2 N–H and O–H groups in total. The summed E-state index contributed by atoms with van der Waals surface area (Å²) in [4.78, 5) is 2.55. The van der Waals surface area contributed by atoms with E-state index < -0.39 is 0 Å². The van der Waals surface area contributed by atoms with Crippen LogP contribution in [-0.2, 0) is 6.42 Å². The van der Waals surface area contributed by atoms with E-state index in [4.69, 9.17) is 5.73 Å². The molecule has 0 bridgehead atoms. The third-order valence-corrected chi connectivity index (χ3v) is 3.87. The molecule has 100 valence electrons. The van der Waals surface area contributed by atoms with Crippen LogP contribution in [0.15, 0.2) is 24.3 Å². The second-order valence-corrected chi connectivity index (χ2v) is 5.98. The van der Waals surface area contributed by atoms with Crippen LogP contribution in [0.4, 0.5) is 5.69 Å². The van der Waals surface area contributed by atoms with E-state index in [9.17, 15) is 0 Å². The Morgan fingerprint density at radius 2 is 1.94 bits per heavy atom. The van der Waals surface area contributed by atoms with Crippen LogP contribution in [0.25, 0.3) is 0 Å². The molecule has 18 heavy (non-hydrogen) atoms. The Morgan fingerprint density at radius 3 is 2.61 bits per heavy atom. The van der Waals surface area contributed by atoms with E-state index >= 15 is 0 Å². The van der Waals surface area contributed by atoms with Crippen molar-refractivity contribution in [2.45, 2.75) is 52.1 Å². The summed E-state index contributed by atoms with van der Waals surface area (Å²) in [5, 5.41) is 0. The van der Waals surface area contributed by atoms with Crippen LogP contribution >= 0.6 is 0 Å². The maximum Gasteiger partial charge on any atom is 0.0440 e. The Kier molecular flexibility index (Phi) is 4.28. The summed E-state index contributed by atoms with van der Waals surface area (Å²) < 4.78 is 0. The van der Waals surface area contributed by atoms with Gasteiger partial charge in [0.15, 0.2) is 0 Å². The van der Waals surface area contributed by atoms with Crippen molar-refractivity contribution >= 4 is 5.69 Å². The molecule has 1 heterocycles. The molecule has 1 aliphatic heterocycles. The van der Waals surface area contributed by atoms with Crippen LogP contribution in [0.3, 0.4) is 0 Å². The minimum Gasteiger partial charge on any atom is -0.367 e. The van der Waals surface area contributed by atoms with E-state index in [0.29, 0.717) is 12.0 Å². The Bertz CT molecular complexity index is 384. The van der Waals surface area contributed by atoms with E-state index in [1.165, 1.54) is 30.5 Å². The number of anilines is 1. The summed E-state index contributed by atoms with van der Waals surface area (Å²) in [5.41, 5.74) is 9.12. The first-order valence-corrected chi connectivity index (χ1v) is 7.19. The summed E-state index contributed by atoms with van der Waals surface area (Å²) in [6.45, 7) is 7.86. The molecular weight excluding hydrogens is 220 g/mol. The molecule has 0 unspecified atom stereocenters. The molecule has 2 heteroatoms. The van der Waals surface area contributed by atoms with Gasteiger partial charge in [-0.3, -0.25) is 0 Å². The SMILES string of the molecule is CC(C)C[C@@H]([C@@H](C)N)N1CCCc2ccccc21. The summed E-state index contributed by atoms with van der Waals surface area (Å²) >= 11 is 0. The minimum absolute atomic E-state index is 0.221. The summed E-state index contributed by atoms with van der Waals surface area (Å²) in [7, 11) is 0. The fourth-order valence-electron chi connectivity index (χ4n) is 3.02. The number of para-hydroxylation sites is 1. The van der Waals surface area contributed by atoms with Gasteiger partial charge in [-0.15, -0.1) is 0 Å². The molecule has 1 aliphatic rings. The van der Waals surface area contributed by atoms with Crippen molar-refractivity contribution in [3.63, 3.8) is 0 Å². The Balaban J connectivity index is 2.26. The van der Waals surface area contributed by atoms with E-state index in [1.807, 2.05) is 0 Å². The third-order valence-electron chi connectivity index (χ3n) is 3.87. The molecule has 1 aromatic carbocycles. The first-order chi connectivity index (χ1) is 8.59. The van der Waals surface area contributed by atoms with Crippen LogP contribution in [0.2, 0.25) is 0 Å². The van der Waals surface area contributed by atoms with Gasteiger partial charge in [-0.1, -0.05) is 32.0 Å². The number of hydrogen-bond acceptors (Lipinski definition) is 2. The summed E-state index contributed by atoms with van der Waals surface area (Å²) in [6, 6.07) is 9.49. The van der Waals surface area contributed by atoms with Gasteiger partial charge >= 0.3 is 0 Å². The van der Waals surface area contributed by atoms with Gasteiger partial charge in [0.25, 0.3) is 0 Å². The number of benzene rings is 1. The number of fused-ring (bicyclic) bond motifs is 1. The van der Waals surface area contributed by atoms with Gasteiger partial charge in [-0.2, -0.15) is 0 Å². The Labute approximate surface area is 111 Å². The highest BCUT2D eigenvalue weighted by Gasteiger charge is 2.26. The van der Waals surface area contributed by atoms with Gasteiger partial charge in [-0.05, 0) is 43.7 Å². The largest absolute Gasteiger partial charge is 0.367 e. The first kappa shape index (κ1) is 13.4. The van der Waals surface area contributed by atoms with Gasteiger partial charge < -0.3 is 10.6 Å². The molecule has 2 atom stereocenters. The van der Waals surface area contributed by atoms with Crippen LogP contribution in [0.1, 0.15) is 39.2 Å². The number of hydrogen-bond donors (Lipinski definition) is 1. The minimum atomic E-state index is 0.221. The van der Waals surface area contributed by atoms with E-state index in [0.717, 1.165) is 6.54 Å². The van der Waals surface area contributed by atoms with Gasteiger partial charge in [-0.25, -0.2) is 0 Å². The zero-order valence-electron chi connectivity index (χ0n) is 11.9. The van der Waals surface area contributed by atoms with Gasteiger partial charge in [0.1, 0.15) is 0 Å². The van der Waals surface area contributed by atoms with Gasteiger partial charge in [0.2, 0.25) is 0 Å². The average Bonchev–Trinajstić information content (AvgIpc) is 2.35. The lowest BCUT2D eigenvalue weighted by molar-refractivity contribution is 0.411. The highest BCUT2D eigenvalue weighted by Crippen LogP contribution is 2.30. The predicted molar refractivity (Wildman–Crippen MR) is 79.0 cm³/mol. The fourth-order valence-corrected chi connectivity index (χ4v) is 3.02. The second-order valence-electron chi connectivity index (χ2n) is 5.98. The molecule has 0 amide bonds. The summed E-state index contributed by atoms with van der Waals surface area (Å²) in [5.74, 6) is 0.690. The molecule has 0 saturated carbocycles. The fraction of sp³-hybridized carbons (Fsp3) is 0.625. The zero-order valence-corrected chi connectivity index (χ0v) is 11.9. The molecule has 0 aliphatic carbocycles. The molecule has 0 fully saturated rings. The van der Waals surface area contributed by atoms with Crippen LogP contribution in [0.5, 0.6) is 0 Å². The number of aryl methyl sites for hydroxylation is 1. The second kappa shape index (κ2) is 5.75. The quantitative estimate of drug-likeness (QED) is 0.884. The number of nitrogens with zero attached hydrogens (tertiary/aromatic N) is 1. The van der Waals surface area contributed by atoms with Crippen molar-refractivity contribution < 1.29 is 0 Å². The van der Waals surface area contributed by atoms with E-state index in [-0.39, 0.29) is 6.04 Å². The van der Waals surface area contributed by atoms with Crippen molar-refractivity contribution in [2.75, 3.05) is 11.4 Å². The standard InChI is InChI=1S/C16H26N2/c1-12(2)11-16(13(3)17)18-10-6-8-14-7-4-5-9-15(14)18/h4-5,7,9,12-13,16H,6,8,10-11,17H2,1-3H3/t13-,16+/m1/s1. The lowest BCUT2D eigenvalue weighted by atomic mass is 9.93. The van der Waals surface area contributed by atoms with E-state index in [1.54, 1.807) is 0 Å². The lowest BCUT2D eigenvalue weighted by Gasteiger charge is -2.40. The number of nitrogens with two attached hydrogens (primary N) is 1. The highest BCUT2D eigenvalue weighted by molar-refractivity contribution is 5.56. The van der Waals surface area contributed by atoms with Gasteiger partial charge in [0.05, 0.1) is 0 Å². The lowest BCUT2D eigenvalue weighted by Crippen LogP contribution is -2.49. The monoisotopic (exact) mass is 246 g/mol. The first-order valence-electron chi connectivity index (χ1n) is 7.19. The Morgan fingerprint density at radius 1 is 1.22 bits per heavy atom. The van der Waals surface area contributed by atoms with Gasteiger partial charge in [0, 0.05) is 24.3 Å². The van der Waals surface area contributed by atoms with Crippen molar-refractivity contribution in [3.05, 3.63) is 29.8 Å². The normalized spacial score (nSPS) is 18.6. The molecule has 0 spiro atoms. The molecule has 0 saturated heterocycles. The molecule has 0 aromatic heterocycles. The Hall–Kier alpha value is -1.02. The molecule has 1 aromatic rings. The van der Waals surface area contributed by atoms with Crippen molar-refractivity contribution in [3.8, 4) is 0 Å². The molecular formula is C16H26N2.